The Hall–Kier alpha value is -2.28. The summed E-state index contributed by atoms with van der Waals surface area (Å²) in [6.45, 7) is 3.44. The molecule has 23 heavy (non-hydrogen) atoms. The van der Waals surface area contributed by atoms with Gasteiger partial charge in [0.15, 0.2) is 0 Å². The van der Waals surface area contributed by atoms with E-state index in [4.69, 9.17) is 9.47 Å². The van der Waals surface area contributed by atoms with Gasteiger partial charge < -0.3 is 24.8 Å². The highest BCUT2D eigenvalue weighted by atomic mass is 16.5. The molecule has 0 radical (unpaired) electrons. The van der Waals surface area contributed by atoms with Gasteiger partial charge in [0.1, 0.15) is 18.1 Å². The van der Waals surface area contributed by atoms with Gasteiger partial charge in [0.05, 0.1) is 23.8 Å². The number of anilines is 1. The molecular weight excluding hydrogens is 300 g/mol. The van der Waals surface area contributed by atoms with E-state index in [-0.39, 0.29) is 29.8 Å². The molecule has 3 rings (SSSR count). The summed E-state index contributed by atoms with van der Waals surface area (Å²) in [6.07, 6.45) is -0.347. The first-order valence-corrected chi connectivity index (χ1v) is 7.52. The summed E-state index contributed by atoms with van der Waals surface area (Å²) in [5.74, 6) is -0.520. The number of nitrogens with one attached hydrogen (secondary N) is 1. The molecule has 0 spiro atoms. The first-order valence-electron chi connectivity index (χ1n) is 7.52. The number of aryl methyl sites for hydroxylation is 1. The predicted octanol–water partition coefficient (Wildman–Crippen LogP) is 1.24. The number of rotatable bonds is 2. The van der Waals surface area contributed by atoms with E-state index >= 15 is 0 Å². The maximum absolute atomic E-state index is 12.9. The number of phenolic OH excluding ortho intramolecular Hbond substituents is 1. The summed E-state index contributed by atoms with van der Waals surface area (Å²) in [6, 6.07) is 3.12. The van der Waals surface area contributed by atoms with Gasteiger partial charge in [0, 0.05) is 20.5 Å². The zero-order valence-electron chi connectivity index (χ0n) is 13.3. The molecule has 2 aliphatic rings. The largest absolute Gasteiger partial charge is 0.505 e. The van der Waals surface area contributed by atoms with Crippen molar-refractivity contribution in [2.75, 3.05) is 19.0 Å². The van der Waals surface area contributed by atoms with Gasteiger partial charge in [-0.1, -0.05) is 6.07 Å². The molecule has 7 nitrogen and oxygen atoms in total. The Morgan fingerprint density at radius 3 is 2.83 bits per heavy atom. The number of phenols is 1. The molecule has 0 saturated carbocycles. The van der Waals surface area contributed by atoms with E-state index < -0.39 is 6.23 Å². The lowest BCUT2D eigenvalue weighted by Gasteiger charge is -2.27. The lowest BCUT2D eigenvalue weighted by molar-refractivity contribution is -0.145. The van der Waals surface area contributed by atoms with Crippen LogP contribution in [-0.4, -0.2) is 53.9 Å². The van der Waals surface area contributed by atoms with E-state index in [0.717, 1.165) is 0 Å². The van der Waals surface area contributed by atoms with Gasteiger partial charge in [0.2, 0.25) is 0 Å². The molecule has 3 unspecified atom stereocenters. The van der Waals surface area contributed by atoms with Gasteiger partial charge in [-0.2, -0.15) is 0 Å². The molecule has 1 fully saturated rings. The Labute approximate surface area is 134 Å². The van der Waals surface area contributed by atoms with Crippen LogP contribution >= 0.6 is 0 Å². The van der Waals surface area contributed by atoms with Crippen LogP contribution in [0.4, 0.5) is 5.69 Å². The summed E-state index contributed by atoms with van der Waals surface area (Å²) in [7, 11) is 1.54. The fourth-order valence-electron chi connectivity index (χ4n) is 3.30. The Balaban J connectivity index is 1.99. The summed E-state index contributed by atoms with van der Waals surface area (Å²) in [5.41, 5.74) is 1.46. The van der Waals surface area contributed by atoms with Crippen molar-refractivity contribution in [2.45, 2.75) is 38.6 Å². The molecule has 0 bridgehead atoms. The Kier molecular flexibility index (Phi) is 3.89. The van der Waals surface area contributed by atoms with Gasteiger partial charge in [-0.15, -0.1) is 0 Å². The molecule has 2 aliphatic heterocycles. The SMILES string of the molecule is COC1Nc2c(ccc(C)c2O)C(=O)N2CC(OC(C)=O)CC12. The number of carbonyl (C=O) groups excluding carboxylic acids is 2. The van der Waals surface area contributed by atoms with E-state index in [9.17, 15) is 14.7 Å². The fraction of sp³-hybridized carbons (Fsp3) is 0.500. The lowest BCUT2D eigenvalue weighted by atomic mass is 10.1. The molecule has 0 aliphatic carbocycles. The van der Waals surface area contributed by atoms with E-state index in [1.54, 1.807) is 24.0 Å². The number of ether oxygens (including phenoxy) is 2. The van der Waals surface area contributed by atoms with E-state index in [2.05, 4.69) is 5.32 Å². The van der Waals surface area contributed by atoms with Crippen LogP contribution in [0.2, 0.25) is 0 Å². The Morgan fingerprint density at radius 2 is 2.17 bits per heavy atom. The van der Waals surface area contributed by atoms with Crippen LogP contribution in [0, 0.1) is 6.92 Å². The van der Waals surface area contributed by atoms with Crippen LogP contribution in [-0.2, 0) is 14.3 Å². The summed E-state index contributed by atoms with van der Waals surface area (Å²) in [5, 5.41) is 13.4. The number of hydrogen-bond acceptors (Lipinski definition) is 6. The molecule has 2 N–H and O–H groups in total. The highest BCUT2D eigenvalue weighted by Gasteiger charge is 2.45. The number of aromatic hydroxyl groups is 1. The minimum absolute atomic E-state index is 0.0515. The summed E-state index contributed by atoms with van der Waals surface area (Å²) < 4.78 is 10.7. The van der Waals surface area contributed by atoms with Crippen molar-refractivity contribution >= 4 is 17.6 Å². The standard InChI is InChI=1S/C16H20N2O5/c1-8-4-5-11-13(14(8)20)17-15(22-3)12-6-10(23-9(2)19)7-18(12)16(11)21/h4-5,10,12,15,17,20H,6-7H2,1-3H3. The van der Waals surface area contributed by atoms with Gasteiger partial charge in [0.25, 0.3) is 5.91 Å². The third-order valence-electron chi connectivity index (χ3n) is 4.40. The third kappa shape index (κ3) is 2.61. The number of benzene rings is 1. The molecule has 3 atom stereocenters. The molecule has 124 valence electrons. The number of hydrogen-bond donors (Lipinski definition) is 2. The van der Waals surface area contributed by atoms with Crippen molar-refractivity contribution in [3.8, 4) is 5.75 Å². The van der Waals surface area contributed by atoms with Crippen LogP contribution in [0.15, 0.2) is 12.1 Å². The maximum atomic E-state index is 12.9. The topological polar surface area (TPSA) is 88.1 Å². The van der Waals surface area contributed by atoms with Gasteiger partial charge in [-0.3, -0.25) is 9.59 Å². The zero-order chi connectivity index (χ0) is 16.7. The number of methoxy groups -OCH3 is 1. The number of fused-ring (bicyclic) bond motifs is 2. The summed E-state index contributed by atoms with van der Waals surface area (Å²) >= 11 is 0. The molecule has 1 aromatic carbocycles. The highest BCUT2D eigenvalue weighted by molar-refractivity contribution is 6.02. The first-order chi connectivity index (χ1) is 10.9. The van der Waals surface area contributed by atoms with Crippen LogP contribution in [0.1, 0.15) is 29.3 Å². The third-order valence-corrected chi connectivity index (χ3v) is 4.40. The van der Waals surface area contributed by atoms with Crippen molar-refractivity contribution in [3.05, 3.63) is 23.3 Å². The minimum Gasteiger partial charge on any atom is -0.505 e. The average molecular weight is 320 g/mol. The zero-order valence-corrected chi connectivity index (χ0v) is 13.3. The Bertz CT molecular complexity index is 660. The molecule has 1 aromatic rings. The smallest absolute Gasteiger partial charge is 0.302 e. The summed E-state index contributed by atoms with van der Waals surface area (Å²) in [4.78, 5) is 25.7. The Morgan fingerprint density at radius 1 is 1.43 bits per heavy atom. The van der Waals surface area contributed by atoms with Crippen molar-refractivity contribution < 1.29 is 24.2 Å². The normalized spacial score (nSPS) is 26.1. The number of carbonyl (C=O) groups is 2. The van der Waals surface area contributed by atoms with Crippen molar-refractivity contribution in [1.82, 2.24) is 4.90 Å². The van der Waals surface area contributed by atoms with Gasteiger partial charge >= 0.3 is 5.97 Å². The lowest BCUT2D eigenvalue weighted by Crippen LogP contribution is -2.44. The fourth-order valence-corrected chi connectivity index (χ4v) is 3.30. The van der Waals surface area contributed by atoms with Crippen LogP contribution in [0.25, 0.3) is 0 Å². The predicted molar refractivity (Wildman–Crippen MR) is 82.3 cm³/mol. The second kappa shape index (κ2) is 5.73. The number of amides is 1. The minimum atomic E-state index is -0.492. The molecule has 1 amide bonds. The monoisotopic (exact) mass is 320 g/mol. The van der Waals surface area contributed by atoms with Crippen LogP contribution < -0.4 is 5.32 Å². The van der Waals surface area contributed by atoms with Crippen molar-refractivity contribution in [1.29, 1.82) is 0 Å². The molecule has 0 aromatic heterocycles. The molecule has 1 saturated heterocycles. The van der Waals surface area contributed by atoms with Gasteiger partial charge in [-0.05, 0) is 18.6 Å². The van der Waals surface area contributed by atoms with Gasteiger partial charge in [-0.25, -0.2) is 0 Å². The van der Waals surface area contributed by atoms with E-state index in [0.29, 0.717) is 29.8 Å². The second-order valence-electron chi connectivity index (χ2n) is 5.95. The highest BCUT2D eigenvalue weighted by Crippen LogP contribution is 2.38. The first kappa shape index (κ1) is 15.6. The quantitative estimate of drug-likeness (QED) is 0.630. The molecular formula is C16H20N2O5. The van der Waals surface area contributed by atoms with E-state index in [1.807, 2.05) is 0 Å². The average Bonchev–Trinajstić information content (AvgIpc) is 2.86. The maximum Gasteiger partial charge on any atom is 0.302 e. The molecule has 7 heteroatoms. The van der Waals surface area contributed by atoms with Crippen LogP contribution in [0.5, 0.6) is 5.75 Å². The second-order valence-corrected chi connectivity index (χ2v) is 5.95. The van der Waals surface area contributed by atoms with E-state index in [1.165, 1.54) is 14.0 Å². The molecule has 2 heterocycles. The van der Waals surface area contributed by atoms with Crippen LogP contribution in [0.3, 0.4) is 0 Å². The van der Waals surface area contributed by atoms with Crippen molar-refractivity contribution in [2.24, 2.45) is 0 Å². The number of nitrogens with zero attached hydrogens (tertiary/aromatic N) is 1. The number of esters is 1. The van der Waals surface area contributed by atoms with Crippen molar-refractivity contribution in [3.63, 3.8) is 0 Å².